The van der Waals surface area contributed by atoms with Crippen molar-refractivity contribution in [1.29, 1.82) is 5.26 Å². The van der Waals surface area contributed by atoms with E-state index >= 15 is 0 Å². The predicted molar refractivity (Wildman–Crippen MR) is 119 cm³/mol. The van der Waals surface area contributed by atoms with Crippen LogP contribution >= 0.6 is 0 Å². The van der Waals surface area contributed by atoms with Gasteiger partial charge in [-0.1, -0.05) is 18.2 Å². The maximum absolute atomic E-state index is 13.1. The van der Waals surface area contributed by atoms with Gasteiger partial charge in [-0.05, 0) is 61.0 Å². The summed E-state index contributed by atoms with van der Waals surface area (Å²) in [5.74, 6) is -0.573. The standard InChI is InChI=1S/C24H18FN3O5/c1-2-32-22-6-4-3-5-20(22)27-24(29)17(15-26)13-16-7-12-23(21(14-16)28(30)31)33-19-10-8-18(25)9-11-19/h3-14H,2H2,1H3,(H,27,29)/b17-13-. The average molecular weight is 447 g/mol. The molecule has 0 aromatic heterocycles. The molecule has 0 aliphatic heterocycles. The van der Waals surface area contributed by atoms with Gasteiger partial charge in [0.05, 0.1) is 17.2 Å². The molecule has 0 aliphatic carbocycles. The van der Waals surface area contributed by atoms with E-state index in [0.717, 1.165) is 0 Å². The summed E-state index contributed by atoms with van der Waals surface area (Å²) in [6, 6.07) is 17.6. The van der Waals surface area contributed by atoms with Crippen molar-refractivity contribution in [3.63, 3.8) is 0 Å². The fourth-order valence-corrected chi connectivity index (χ4v) is 2.84. The van der Waals surface area contributed by atoms with Crippen molar-refractivity contribution in [2.75, 3.05) is 11.9 Å². The van der Waals surface area contributed by atoms with E-state index in [0.29, 0.717) is 18.0 Å². The van der Waals surface area contributed by atoms with Crippen LogP contribution in [0.5, 0.6) is 17.2 Å². The van der Waals surface area contributed by atoms with E-state index in [1.54, 1.807) is 37.3 Å². The van der Waals surface area contributed by atoms with Gasteiger partial charge in [0.1, 0.15) is 29.0 Å². The average Bonchev–Trinajstić information content (AvgIpc) is 2.81. The number of anilines is 1. The van der Waals surface area contributed by atoms with Gasteiger partial charge in [0.2, 0.25) is 5.75 Å². The highest BCUT2D eigenvalue weighted by Gasteiger charge is 2.18. The lowest BCUT2D eigenvalue weighted by Crippen LogP contribution is -2.14. The third kappa shape index (κ3) is 5.92. The van der Waals surface area contributed by atoms with Crippen molar-refractivity contribution in [3.8, 4) is 23.3 Å². The number of ether oxygens (including phenoxy) is 2. The number of nitro groups is 1. The minimum atomic E-state index is -0.695. The Kier molecular flexibility index (Phi) is 7.34. The van der Waals surface area contributed by atoms with Crippen LogP contribution in [-0.4, -0.2) is 17.4 Å². The molecule has 0 saturated heterocycles. The molecular formula is C24H18FN3O5. The zero-order chi connectivity index (χ0) is 23.8. The minimum absolute atomic E-state index is 0.0719. The number of halogens is 1. The van der Waals surface area contributed by atoms with Crippen molar-refractivity contribution in [1.82, 2.24) is 0 Å². The van der Waals surface area contributed by atoms with Gasteiger partial charge in [-0.2, -0.15) is 5.26 Å². The molecule has 3 aromatic rings. The van der Waals surface area contributed by atoms with Crippen molar-refractivity contribution >= 4 is 23.4 Å². The Labute approximate surface area is 188 Å². The van der Waals surface area contributed by atoms with E-state index in [1.807, 2.05) is 0 Å². The number of hydrogen-bond donors (Lipinski definition) is 1. The van der Waals surface area contributed by atoms with Crippen LogP contribution in [0.3, 0.4) is 0 Å². The molecule has 0 unspecified atom stereocenters. The fraction of sp³-hybridized carbons (Fsp3) is 0.0833. The van der Waals surface area contributed by atoms with Crippen molar-refractivity contribution < 1.29 is 23.6 Å². The normalized spacial score (nSPS) is 10.8. The number of carbonyl (C=O) groups excluding carboxylic acids is 1. The highest BCUT2D eigenvalue weighted by atomic mass is 19.1. The Bertz CT molecular complexity index is 1250. The number of hydrogen-bond acceptors (Lipinski definition) is 6. The Morgan fingerprint density at radius 1 is 1.15 bits per heavy atom. The largest absolute Gasteiger partial charge is 0.492 e. The molecule has 0 heterocycles. The van der Waals surface area contributed by atoms with E-state index in [9.17, 15) is 24.6 Å². The fourth-order valence-electron chi connectivity index (χ4n) is 2.84. The van der Waals surface area contributed by atoms with Crippen LogP contribution in [0, 0.1) is 27.3 Å². The van der Waals surface area contributed by atoms with Crippen LogP contribution < -0.4 is 14.8 Å². The summed E-state index contributed by atoms with van der Waals surface area (Å²) in [7, 11) is 0. The van der Waals surface area contributed by atoms with E-state index < -0.39 is 16.6 Å². The summed E-state index contributed by atoms with van der Waals surface area (Å²) < 4.78 is 24.0. The monoisotopic (exact) mass is 447 g/mol. The summed E-state index contributed by atoms with van der Waals surface area (Å²) in [6.07, 6.45) is 1.23. The predicted octanol–water partition coefficient (Wildman–Crippen LogP) is 5.47. The third-order valence-corrected chi connectivity index (χ3v) is 4.33. The van der Waals surface area contributed by atoms with Crippen LogP contribution in [0.15, 0.2) is 72.3 Å². The molecule has 0 radical (unpaired) electrons. The lowest BCUT2D eigenvalue weighted by atomic mass is 10.1. The number of carbonyl (C=O) groups is 1. The molecule has 0 bridgehead atoms. The molecule has 1 amide bonds. The number of amides is 1. The number of nitrogens with zero attached hydrogens (tertiary/aromatic N) is 2. The molecule has 3 aromatic carbocycles. The summed E-state index contributed by atoms with van der Waals surface area (Å²) >= 11 is 0. The quantitative estimate of drug-likeness (QED) is 0.212. The third-order valence-electron chi connectivity index (χ3n) is 4.33. The zero-order valence-electron chi connectivity index (χ0n) is 17.4. The second-order valence-corrected chi connectivity index (χ2v) is 6.59. The Morgan fingerprint density at radius 3 is 2.55 bits per heavy atom. The smallest absolute Gasteiger partial charge is 0.312 e. The second-order valence-electron chi connectivity index (χ2n) is 6.59. The number of nitrogens with one attached hydrogen (secondary N) is 1. The van der Waals surface area contributed by atoms with Crippen molar-refractivity contribution in [2.24, 2.45) is 0 Å². The molecule has 0 fully saturated rings. The summed E-state index contributed by atoms with van der Waals surface area (Å²) in [6.45, 7) is 2.19. The van der Waals surface area contributed by atoms with Gasteiger partial charge >= 0.3 is 5.69 Å². The zero-order valence-corrected chi connectivity index (χ0v) is 17.4. The number of para-hydroxylation sites is 2. The van der Waals surface area contributed by atoms with Crippen molar-refractivity contribution in [2.45, 2.75) is 6.92 Å². The first-order valence-electron chi connectivity index (χ1n) is 9.78. The molecule has 3 rings (SSSR count). The first kappa shape index (κ1) is 23.0. The molecule has 0 saturated carbocycles. The van der Waals surface area contributed by atoms with Crippen molar-refractivity contribution in [3.05, 3.63) is 93.8 Å². The van der Waals surface area contributed by atoms with Crippen LogP contribution in [0.4, 0.5) is 15.8 Å². The highest BCUT2D eigenvalue weighted by molar-refractivity contribution is 6.10. The Balaban J connectivity index is 1.86. The summed E-state index contributed by atoms with van der Waals surface area (Å²) in [4.78, 5) is 23.5. The minimum Gasteiger partial charge on any atom is -0.492 e. The van der Waals surface area contributed by atoms with Gasteiger partial charge < -0.3 is 14.8 Å². The lowest BCUT2D eigenvalue weighted by molar-refractivity contribution is -0.385. The van der Waals surface area contributed by atoms with Gasteiger partial charge in [-0.15, -0.1) is 0 Å². The van der Waals surface area contributed by atoms with E-state index in [-0.39, 0.29) is 28.3 Å². The van der Waals surface area contributed by atoms with Gasteiger partial charge in [-0.3, -0.25) is 14.9 Å². The molecule has 0 aliphatic rings. The number of nitriles is 1. The summed E-state index contributed by atoms with van der Waals surface area (Å²) in [5, 5.41) is 23.6. The molecule has 0 atom stereocenters. The first-order chi connectivity index (χ1) is 15.9. The van der Waals surface area contributed by atoms with Gasteiger partial charge in [0, 0.05) is 6.07 Å². The molecule has 166 valence electrons. The van der Waals surface area contributed by atoms with Gasteiger partial charge in [0.25, 0.3) is 5.91 Å². The van der Waals surface area contributed by atoms with E-state index in [4.69, 9.17) is 9.47 Å². The number of benzene rings is 3. The van der Waals surface area contributed by atoms with Gasteiger partial charge in [-0.25, -0.2) is 4.39 Å². The molecule has 1 N–H and O–H groups in total. The Morgan fingerprint density at radius 2 is 1.88 bits per heavy atom. The summed E-state index contributed by atoms with van der Waals surface area (Å²) in [5.41, 5.74) is -0.00672. The molecule has 0 spiro atoms. The molecule has 33 heavy (non-hydrogen) atoms. The lowest BCUT2D eigenvalue weighted by Gasteiger charge is -2.11. The second kappa shape index (κ2) is 10.5. The van der Waals surface area contributed by atoms with E-state index in [2.05, 4.69) is 5.32 Å². The molecule has 9 heteroatoms. The van der Waals surface area contributed by atoms with Gasteiger partial charge in [0.15, 0.2) is 0 Å². The first-order valence-corrected chi connectivity index (χ1v) is 9.78. The van der Waals surface area contributed by atoms with Crippen LogP contribution in [-0.2, 0) is 4.79 Å². The van der Waals surface area contributed by atoms with E-state index in [1.165, 1.54) is 48.5 Å². The number of nitro benzene ring substituents is 1. The highest BCUT2D eigenvalue weighted by Crippen LogP contribution is 2.33. The molecule has 8 nitrogen and oxygen atoms in total. The van der Waals surface area contributed by atoms with Crippen LogP contribution in [0.1, 0.15) is 12.5 Å². The topological polar surface area (TPSA) is 114 Å². The Hall–Kier alpha value is -4.71. The SMILES string of the molecule is CCOc1ccccc1NC(=O)/C(C#N)=C\c1ccc(Oc2ccc(F)cc2)c([N+](=O)[O-])c1. The van der Waals surface area contributed by atoms with Crippen LogP contribution in [0.2, 0.25) is 0 Å². The maximum Gasteiger partial charge on any atom is 0.312 e. The number of rotatable bonds is 8. The molecular weight excluding hydrogens is 429 g/mol. The van der Waals surface area contributed by atoms with Crippen LogP contribution in [0.25, 0.3) is 6.08 Å². The maximum atomic E-state index is 13.1.